The van der Waals surface area contributed by atoms with Gasteiger partial charge in [0.15, 0.2) is 0 Å². The van der Waals surface area contributed by atoms with Gasteiger partial charge in [0.25, 0.3) is 0 Å². The smallest absolute Gasteiger partial charge is 0.332 e. The Kier molecular flexibility index (Phi) is 4.53. The van der Waals surface area contributed by atoms with Gasteiger partial charge < -0.3 is 10.4 Å². The van der Waals surface area contributed by atoms with Crippen molar-refractivity contribution in [3.8, 4) is 0 Å². The molecule has 106 valence electrons. The van der Waals surface area contributed by atoms with Gasteiger partial charge >= 0.3 is 5.97 Å². The maximum Gasteiger partial charge on any atom is 0.332 e. The maximum absolute atomic E-state index is 12.0. The minimum absolute atomic E-state index is 0.120. The van der Waals surface area contributed by atoms with Crippen molar-refractivity contribution < 1.29 is 14.7 Å². The fraction of sp³-hybridized carbons (Fsp3) is 0.333. The second kappa shape index (κ2) is 6.34. The number of carboxylic acids is 1. The Morgan fingerprint density at radius 3 is 2.80 bits per heavy atom. The molecule has 20 heavy (non-hydrogen) atoms. The lowest BCUT2D eigenvalue weighted by atomic mass is 10.1. The lowest BCUT2D eigenvalue weighted by Crippen LogP contribution is -2.38. The van der Waals surface area contributed by atoms with Gasteiger partial charge in [0.05, 0.1) is 6.54 Å². The van der Waals surface area contributed by atoms with Crippen LogP contribution < -0.4 is 5.32 Å². The van der Waals surface area contributed by atoms with Crippen LogP contribution in [0.5, 0.6) is 0 Å². The zero-order chi connectivity index (χ0) is 14.5. The number of aliphatic carboxylic acids is 1. The number of carbonyl (C=O) groups is 2. The molecule has 1 aliphatic heterocycles. The first-order valence-corrected chi connectivity index (χ1v) is 6.56. The van der Waals surface area contributed by atoms with Crippen LogP contribution in [0.1, 0.15) is 12.0 Å². The summed E-state index contributed by atoms with van der Waals surface area (Å²) in [6.07, 6.45) is 2.39. The van der Waals surface area contributed by atoms with E-state index in [9.17, 15) is 9.59 Å². The zero-order valence-corrected chi connectivity index (χ0v) is 11.4. The molecule has 1 heterocycles. The van der Waals surface area contributed by atoms with Crippen LogP contribution in [0.15, 0.2) is 35.9 Å². The average molecular weight is 274 g/mol. The Balaban J connectivity index is 1.91. The first-order valence-electron chi connectivity index (χ1n) is 6.56. The maximum atomic E-state index is 12.0. The molecule has 0 saturated heterocycles. The van der Waals surface area contributed by atoms with E-state index >= 15 is 0 Å². The Labute approximate surface area is 117 Å². The molecule has 1 aromatic carbocycles. The van der Waals surface area contributed by atoms with Gasteiger partial charge in [-0.15, -0.1) is 0 Å². The molecule has 5 heteroatoms. The molecular formula is C15H18N2O3. The number of aryl methyl sites for hydroxylation is 1. The average Bonchev–Trinajstić information content (AvgIpc) is 2.41. The third-order valence-corrected chi connectivity index (χ3v) is 3.29. The number of carbonyl (C=O) groups excluding carboxylic acids is 1. The van der Waals surface area contributed by atoms with Crippen molar-refractivity contribution >= 4 is 17.6 Å². The van der Waals surface area contributed by atoms with Crippen LogP contribution in [0.3, 0.4) is 0 Å². The van der Waals surface area contributed by atoms with E-state index in [1.54, 1.807) is 6.08 Å². The van der Waals surface area contributed by atoms with Crippen molar-refractivity contribution in [2.24, 2.45) is 0 Å². The summed E-state index contributed by atoms with van der Waals surface area (Å²) >= 11 is 0. The number of rotatable bonds is 4. The Hall–Kier alpha value is -2.14. The van der Waals surface area contributed by atoms with Gasteiger partial charge in [0.2, 0.25) is 5.91 Å². The van der Waals surface area contributed by atoms with Crippen molar-refractivity contribution in [1.29, 1.82) is 0 Å². The van der Waals surface area contributed by atoms with Crippen LogP contribution in [0.2, 0.25) is 0 Å². The first-order chi connectivity index (χ1) is 9.56. The number of benzene rings is 1. The van der Waals surface area contributed by atoms with Gasteiger partial charge in [-0.3, -0.25) is 9.69 Å². The highest BCUT2D eigenvalue weighted by Gasteiger charge is 2.19. The number of carboxylic acid groups (broad SMARTS) is 1. The van der Waals surface area contributed by atoms with Crippen molar-refractivity contribution in [1.82, 2.24) is 4.90 Å². The monoisotopic (exact) mass is 274 g/mol. The minimum atomic E-state index is -0.908. The summed E-state index contributed by atoms with van der Waals surface area (Å²) in [7, 11) is 0. The van der Waals surface area contributed by atoms with E-state index in [-0.39, 0.29) is 12.5 Å². The van der Waals surface area contributed by atoms with Crippen LogP contribution in [0, 0.1) is 6.92 Å². The molecule has 0 bridgehead atoms. The lowest BCUT2D eigenvalue weighted by molar-refractivity contribution is -0.133. The Bertz CT molecular complexity index is 552. The number of para-hydroxylation sites is 1. The Morgan fingerprint density at radius 1 is 1.35 bits per heavy atom. The summed E-state index contributed by atoms with van der Waals surface area (Å²) < 4.78 is 0. The molecule has 0 fully saturated rings. The number of hydrogen-bond donors (Lipinski definition) is 2. The SMILES string of the molecule is Cc1ccccc1NC(=O)CN1CCC=C(C(=O)O)C1. The number of amides is 1. The van der Waals surface area contributed by atoms with Gasteiger partial charge in [-0.05, 0) is 25.0 Å². The topological polar surface area (TPSA) is 69.6 Å². The highest BCUT2D eigenvalue weighted by molar-refractivity contribution is 5.93. The van der Waals surface area contributed by atoms with Crippen molar-refractivity contribution in [3.63, 3.8) is 0 Å². The van der Waals surface area contributed by atoms with E-state index in [0.717, 1.165) is 11.3 Å². The molecule has 0 radical (unpaired) electrons. The van der Waals surface area contributed by atoms with Gasteiger partial charge in [-0.2, -0.15) is 0 Å². The quantitative estimate of drug-likeness (QED) is 0.876. The first kappa shape index (κ1) is 14.3. The summed E-state index contributed by atoms with van der Waals surface area (Å²) in [4.78, 5) is 24.8. The largest absolute Gasteiger partial charge is 0.478 e. The summed E-state index contributed by atoms with van der Waals surface area (Å²) in [5.74, 6) is -1.03. The van der Waals surface area contributed by atoms with Crippen LogP contribution in [-0.2, 0) is 9.59 Å². The minimum Gasteiger partial charge on any atom is -0.478 e. The predicted molar refractivity (Wildman–Crippen MR) is 76.6 cm³/mol. The van der Waals surface area contributed by atoms with Crippen molar-refractivity contribution in [2.45, 2.75) is 13.3 Å². The molecule has 2 N–H and O–H groups in total. The third kappa shape index (κ3) is 3.68. The normalized spacial score (nSPS) is 15.6. The number of nitrogens with one attached hydrogen (secondary N) is 1. The summed E-state index contributed by atoms with van der Waals surface area (Å²) in [6.45, 7) is 3.16. The van der Waals surface area contributed by atoms with Crippen LogP contribution in [0.4, 0.5) is 5.69 Å². The highest BCUT2D eigenvalue weighted by atomic mass is 16.4. The van der Waals surface area contributed by atoms with Gasteiger partial charge in [-0.1, -0.05) is 24.3 Å². The molecule has 0 atom stereocenters. The van der Waals surface area contributed by atoms with Gasteiger partial charge in [-0.25, -0.2) is 4.79 Å². The molecule has 0 aromatic heterocycles. The fourth-order valence-electron chi connectivity index (χ4n) is 2.20. The molecule has 1 aliphatic rings. The van der Waals surface area contributed by atoms with Gasteiger partial charge in [0, 0.05) is 24.4 Å². The van der Waals surface area contributed by atoms with E-state index in [1.807, 2.05) is 36.1 Å². The lowest BCUT2D eigenvalue weighted by Gasteiger charge is -2.25. The van der Waals surface area contributed by atoms with Crippen molar-refractivity contribution in [3.05, 3.63) is 41.5 Å². The number of nitrogens with zero attached hydrogens (tertiary/aromatic N) is 1. The molecule has 2 rings (SSSR count). The number of anilines is 1. The van der Waals surface area contributed by atoms with Crippen molar-refractivity contribution in [2.75, 3.05) is 25.0 Å². The molecule has 0 unspecified atom stereocenters. The summed E-state index contributed by atoms with van der Waals surface area (Å²) in [5.41, 5.74) is 2.16. The summed E-state index contributed by atoms with van der Waals surface area (Å²) in [5, 5.41) is 11.8. The van der Waals surface area contributed by atoms with E-state index in [4.69, 9.17) is 5.11 Å². The Morgan fingerprint density at radius 2 is 2.10 bits per heavy atom. The molecule has 5 nitrogen and oxygen atoms in total. The fourth-order valence-corrected chi connectivity index (χ4v) is 2.20. The molecular weight excluding hydrogens is 256 g/mol. The predicted octanol–water partition coefficient (Wildman–Crippen LogP) is 1.65. The molecule has 1 aromatic rings. The van der Waals surface area contributed by atoms with E-state index in [0.29, 0.717) is 25.1 Å². The molecule has 0 spiro atoms. The highest BCUT2D eigenvalue weighted by Crippen LogP contribution is 2.14. The third-order valence-electron chi connectivity index (χ3n) is 3.29. The second-order valence-corrected chi connectivity index (χ2v) is 4.90. The van der Waals surface area contributed by atoms with Gasteiger partial charge in [0.1, 0.15) is 0 Å². The van der Waals surface area contributed by atoms with E-state index in [1.165, 1.54) is 0 Å². The molecule has 0 saturated carbocycles. The van der Waals surface area contributed by atoms with E-state index < -0.39 is 5.97 Å². The zero-order valence-electron chi connectivity index (χ0n) is 11.4. The second-order valence-electron chi connectivity index (χ2n) is 4.90. The molecule has 0 aliphatic carbocycles. The number of hydrogen-bond acceptors (Lipinski definition) is 3. The summed E-state index contributed by atoms with van der Waals surface area (Å²) in [6, 6.07) is 7.57. The van der Waals surface area contributed by atoms with Crippen LogP contribution in [0.25, 0.3) is 0 Å². The standard InChI is InChI=1S/C15H18N2O3/c1-11-5-2-3-7-13(11)16-14(18)10-17-8-4-6-12(9-17)15(19)20/h2-3,5-7H,4,8-10H2,1H3,(H,16,18)(H,19,20). The van der Waals surface area contributed by atoms with E-state index in [2.05, 4.69) is 5.32 Å². The molecule has 1 amide bonds. The van der Waals surface area contributed by atoms with Crippen LogP contribution >= 0.6 is 0 Å². The van der Waals surface area contributed by atoms with Crippen LogP contribution in [-0.4, -0.2) is 41.5 Å².